The quantitative estimate of drug-likeness (QED) is 0.568. The largest absolute Gasteiger partial charge is 0.508 e. The van der Waals surface area contributed by atoms with Gasteiger partial charge in [0.05, 0.1) is 0 Å². The van der Waals surface area contributed by atoms with Gasteiger partial charge in [0.15, 0.2) is 12.5 Å². The van der Waals surface area contributed by atoms with Crippen LogP contribution in [0.5, 0.6) is 0 Å². The van der Waals surface area contributed by atoms with Crippen molar-refractivity contribution in [2.45, 2.75) is 30.8 Å². The molecule has 0 saturated carbocycles. The number of aromatic nitrogens is 3. The first-order valence-electron chi connectivity index (χ1n) is 10.1. The van der Waals surface area contributed by atoms with E-state index in [-0.39, 0.29) is 19.0 Å². The van der Waals surface area contributed by atoms with Crippen LogP contribution in [0.3, 0.4) is 0 Å². The van der Waals surface area contributed by atoms with Crippen LogP contribution >= 0.6 is 0 Å². The number of nitrogens with zero attached hydrogens (tertiary/aromatic N) is 4. The topological polar surface area (TPSA) is 140 Å². The van der Waals surface area contributed by atoms with Crippen LogP contribution in [0, 0.1) is 0 Å². The van der Waals surface area contributed by atoms with Crippen LogP contribution in [0.15, 0.2) is 36.7 Å². The maximum atomic E-state index is 11.9. The third-order valence-electron chi connectivity index (χ3n) is 5.03. The highest BCUT2D eigenvalue weighted by Gasteiger charge is 2.54. The SMILES string of the molecule is CN(C)CCOC(=O)OC[C@H]1O[C@@H](n2cnc(C(N)=O)n2)[C@@H]2O[C@@H](c3ccccc3)OC21. The van der Waals surface area contributed by atoms with E-state index < -0.39 is 42.9 Å². The number of rotatable bonds is 8. The van der Waals surface area contributed by atoms with Gasteiger partial charge in [-0.05, 0) is 14.1 Å². The van der Waals surface area contributed by atoms with Crippen LogP contribution in [0.25, 0.3) is 0 Å². The summed E-state index contributed by atoms with van der Waals surface area (Å²) >= 11 is 0. The van der Waals surface area contributed by atoms with Crippen LogP contribution in [-0.2, 0) is 23.7 Å². The molecule has 1 unspecified atom stereocenters. The summed E-state index contributed by atoms with van der Waals surface area (Å²) in [5.41, 5.74) is 6.08. The number of ether oxygens (including phenoxy) is 5. The zero-order chi connectivity index (χ0) is 22.7. The van der Waals surface area contributed by atoms with E-state index >= 15 is 0 Å². The zero-order valence-corrected chi connectivity index (χ0v) is 17.7. The standard InChI is InChI=1S/C20H25N5O7/c1-24(2)8-9-28-20(27)29-10-13-14-15(32-19(31-14)12-6-4-3-5-7-12)18(30-13)25-11-22-17(23-25)16(21)26/h3-7,11,13-15,18-19H,8-10H2,1-2H3,(H2,21,26)/t13-,14?,15-,18-,19+/m1/s1. The van der Waals surface area contributed by atoms with Gasteiger partial charge in [0, 0.05) is 12.1 Å². The Morgan fingerprint density at radius 3 is 2.56 bits per heavy atom. The number of primary amides is 1. The number of hydrogen-bond donors (Lipinski definition) is 1. The summed E-state index contributed by atoms with van der Waals surface area (Å²) in [7, 11) is 3.74. The Kier molecular flexibility index (Phi) is 6.65. The van der Waals surface area contributed by atoms with Gasteiger partial charge < -0.3 is 34.3 Å². The van der Waals surface area contributed by atoms with Crippen molar-refractivity contribution in [3.05, 3.63) is 48.0 Å². The molecule has 172 valence electrons. The molecule has 2 fully saturated rings. The van der Waals surface area contributed by atoms with Crippen molar-refractivity contribution in [2.24, 2.45) is 5.73 Å². The van der Waals surface area contributed by atoms with Gasteiger partial charge in [0.1, 0.15) is 37.9 Å². The van der Waals surface area contributed by atoms with Crippen LogP contribution in [0.2, 0.25) is 0 Å². The maximum Gasteiger partial charge on any atom is 0.508 e. The van der Waals surface area contributed by atoms with Gasteiger partial charge in [-0.2, -0.15) is 0 Å². The van der Waals surface area contributed by atoms with Gasteiger partial charge in [-0.25, -0.2) is 14.5 Å². The molecule has 1 aromatic heterocycles. The minimum atomic E-state index is -0.800. The fourth-order valence-electron chi connectivity index (χ4n) is 3.46. The molecular weight excluding hydrogens is 422 g/mol. The molecule has 12 nitrogen and oxygen atoms in total. The highest BCUT2D eigenvalue weighted by atomic mass is 16.8. The molecule has 4 rings (SSSR count). The van der Waals surface area contributed by atoms with Crippen LogP contribution < -0.4 is 5.73 Å². The Hall–Kier alpha value is -3.06. The van der Waals surface area contributed by atoms with Crippen LogP contribution in [0.1, 0.15) is 28.7 Å². The number of amides is 1. The lowest BCUT2D eigenvalue weighted by molar-refractivity contribution is -0.157. The molecule has 2 N–H and O–H groups in total. The van der Waals surface area contributed by atoms with Crippen molar-refractivity contribution in [1.29, 1.82) is 0 Å². The highest BCUT2D eigenvalue weighted by Crippen LogP contribution is 2.43. The molecule has 12 heteroatoms. The van der Waals surface area contributed by atoms with E-state index in [1.807, 2.05) is 49.3 Å². The number of carbonyl (C=O) groups excluding carboxylic acids is 2. The molecule has 5 atom stereocenters. The lowest BCUT2D eigenvalue weighted by Crippen LogP contribution is -2.33. The minimum Gasteiger partial charge on any atom is -0.433 e. The monoisotopic (exact) mass is 447 g/mol. The molecule has 0 spiro atoms. The second-order valence-electron chi connectivity index (χ2n) is 7.63. The van der Waals surface area contributed by atoms with E-state index in [4.69, 9.17) is 29.4 Å². The number of carbonyl (C=O) groups is 2. The summed E-state index contributed by atoms with van der Waals surface area (Å²) in [5, 5.41) is 4.07. The fourth-order valence-corrected chi connectivity index (χ4v) is 3.46. The van der Waals surface area contributed by atoms with Crippen molar-refractivity contribution in [1.82, 2.24) is 19.7 Å². The molecular formula is C20H25N5O7. The van der Waals surface area contributed by atoms with E-state index in [1.54, 1.807) is 0 Å². The summed E-state index contributed by atoms with van der Waals surface area (Å²) in [5.74, 6) is -0.905. The number of nitrogens with two attached hydrogens (primary N) is 1. The second kappa shape index (κ2) is 9.61. The number of fused-ring (bicyclic) bond motifs is 1. The smallest absolute Gasteiger partial charge is 0.433 e. The first-order chi connectivity index (χ1) is 15.4. The normalized spacial score (nSPS) is 26.8. The molecule has 0 aliphatic carbocycles. The first kappa shape index (κ1) is 22.1. The molecule has 2 aliphatic rings. The predicted octanol–water partition coefficient (Wildman–Crippen LogP) is 0.472. The van der Waals surface area contributed by atoms with Crippen molar-refractivity contribution >= 4 is 12.1 Å². The molecule has 1 aromatic carbocycles. The van der Waals surface area contributed by atoms with E-state index in [9.17, 15) is 9.59 Å². The fraction of sp³-hybridized carbons (Fsp3) is 0.500. The summed E-state index contributed by atoms with van der Waals surface area (Å²) < 4.78 is 29.8. The average Bonchev–Trinajstić information content (AvgIpc) is 3.48. The lowest BCUT2D eigenvalue weighted by Gasteiger charge is -2.20. The highest BCUT2D eigenvalue weighted by molar-refractivity contribution is 5.88. The van der Waals surface area contributed by atoms with Crippen molar-refractivity contribution < 1.29 is 33.3 Å². The number of benzene rings is 1. The summed E-state index contributed by atoms with van der Waals surface area (Å²) in [6.07, 6.45) is -2.65. The molecule has 32 heavy (non-hydrogen) atoms. The van der Waals surface area contributed by atoms with Gasteiger partial charge in [-0.3, -0.25) is 4.79 Å². The van der Waals surface area contributed by atoms with Gasteiger partial charge in [-0.15, -0.1) is 5.10 Å². The van der Waals surface area contributed by atoms with E-state index in [0.717, 1.165) is 5.56 Å². The third kappa shape index (κ3) is 4.88. The Morgan fingerprint density at radius 1 is 1.12 bits per heavy atom. The molecule has 2 saturated heterocycles. The summed E-state index contributed by atoms with van der Waals surface area (Å²) in [6.45, 7) is 0.670. The summed E-state index contributed by atoms with van der Waals surface area (Å²) in [6, 6.07) is 9.42. The first-order valence-corrected chi connectivity index (χ1v) is 10.1. The Bertz CT molecular complexity index is 937. The van der Waals surface area contributed by atoms with E-state index in [2.05, 4.69) is 10.1 Å². The molecule has 3 heterocycles. The number of likely N-dealkylation sites (N-methyl/N-ethyl adjacent to an activating group) is 1. The Morgan fingerprint density at radius 2 is 1.88 bits per heavy atom. The molecule has 0 radical (unpaired) electrons. The van der Waals surface area contributed by atoms with E-state index in [1.165, 1.54) is 11.0 Å². The van der Waals surface area contributed by atoms with Crippen LogP contribution in [0.4, 0.5) is 4.79 Å². The minimum absolute atomic E-state index is 0.110. The van der Waals surface area contributed by atoms with Crippen molar-refractivity contribution in [3.8, 4) is 0 Å². The average molecular weight is 447 g/mol. The third-order valence-corrected chi connectivity index (χ3v) is 5.03. The second-order valence-corrected chi connectivity index (χ2v) is 7.63. The molecule has 1 amide bonds. The predicted molar refractivity (Wildman–Crippen MR) is 107 cm³/mol. The summed E-state index contributed by atoms with van der Waals surface area (Å²) in [4.78, 5) is 29.1. The Balaban J connectivity index is 1.45. The van der Waals surface area contributed by atoms with E-state index in [0.29, 0.717) is 6.54 Å². The molecule has 2 aromatic rings. The Labute approximate surface area is 184 Å². The van der Waals surface area contributed by atoms with Gasteiger partial charge in [-0.1, -0.05) is 30.3 Å². The van der Waals surface area contributed by atoms with Gasteiger partial charge >= 0.3 is 6.16 Å². The molecule has 2 aliphatic heterocycles. The van der Waals surface area contributed by atoms with Gasteiger partial charge in [0.25, 0.3) is 5.91 Å². The van der Waals surface area contributed by atoms with Crippen LogP contribution in [-0.4, -0.2) is 83.9 Å². The zero-order valence-electron chi connectivity index (χ0n) is 17.7. The molecule has 0 bridgehead atoms. The van der Waals surface area contributed by atoms with Gasteiger partial charge in [0.2, 0.25) is 5.82 Å². The number of hydrogen-bond acceptors (Lipinski definition) is 10. The van der Waals surface area contributed by atoms with Crippen molar-refractivity contribution in [2.75, 3.05) is 33.9 Å². The maximum absolute atomic E-state index is 11.9. The van der Waals surface area contributed by atoms with Crippen molar-refractivity contribution in [3.63, 3.8) is 0 Å². The lowest BCUT2D eigenvalue weighted by atomic mass is 10.1.